The monoisotopic (exact) mass is 568 g/mol. The molecule has 3 aromatic heterocycles. The van der Waals surface area contributed by atoms with E-state index in [1.807, 2.05) is 29.8 Å². The number of pyridine rings is 1. The largest absolute Gasteiger partial charge is 0.418 e. The summed E-state index contributed by atoms with van der Waals surface area (Å²) in [7, 11) is 3.59. The Morgan fingerprint density at radius 3 is 2.66 bits per heavy atom. The Balaban J connectivity index is 1.41. The van der Waals surface area contributed by atoms with Gasteiger partial charge in [-0.15, -0.1) is 10.2 Å². The van der Waals surface area contributed by atoms with Crippen LogP contribution < -0.4 is 5.69 Å². The number of methoxy groups -OCH3 is 1. The Kier molecular flexibility index (Phi) is 7.05. The molecule has 4 aromatic rings. The summed E-state index contributed by atoms with van der Waals surface area (Å²) in [5.41, 5.74) is 0.111. The molecule has 1 saturated carbocycles. The lowest BCUT2D eigenvalue weighted by Gasteiger charge is -2.31. The Bertz CT molecular complexity index is 1620. The average molecular weight is 569 g/mol. The van der Waals surface area contributed by atoms with Crippen LogP contribution in [-0.4, -0.2) is 54.4 Å². The number of hydrogen-bond donors (Lipinski definition) is 0. The van der Waals surface area contributed by atoms with E-state index in [0.29, 0.717) is 30.1 Å². The van der Waals surface area contributed by atoms with Crippen LogP contribution in [-0.2, 0) is 24.5 Å². The van der Waals surface area contributed by atoms with Gasteiger partial charge in [0.05, 0.1) is 22.4 Å². The number of imidazole rings is 1. The van der Waals surface area contributed by atoms with Gasteiger partial charge in [-0.05, 0) is 73.9 Å². The number of rotatable bonds is 8. The Labute approximate surface area is 236 Å². The molecule has 0 radical (unpaired) electrons. The van der Waals surface area contributed by atoms with Crippen molar-refractivity contribution >= 4 is 5.52 Å². The minimum absolute atomic E-state index is 0.162. The van der Waals surface area contributed by atoms with Crippen molar-refractivity contribution in [2.24, 2.45) is 13.0 Å². The molecule has 41 heavy (non-hydrogen) atoms. The average Bonchev–Trinajstić information content (AvgIpc) is 3.47. The maximum Gasteiger partial charge on any atom is 0.418 e. The van der Waals surface area contributed by atoms with Gasteiger partial charge >= 0.3 is 11.9 Å². The van der Waals surface area contributed by atoms with Crippen LogP contribution in [0.5, 0.6) is 0 Å². The SMILES string of the molecule is COC1(CC(c2cccc(-n3cc4c(C(F)(F)F)cc(CN5CCC[C@H](C)C5)cn4c3=O)c2)c2nncn2C)CC1. The Morgan fingerprint density at radius 1 is 1.20 bits per heavy atom. The summed E-state index contributed by atoms with van der Waals surface area (Å²) >= 11 is 0. The molecule has 0 bridgehead atoms. The standard InChI is InChI=1S/C30H35F3N6O2/c1-20-6-5-11-37(15-20)16-21-12-25(30(31,32)33)26-18-38(28(40)39(26)17-21)23-8-4-7-22(13-23)24(14-29(41-3)9-10-29)27-35-34-19-36(27)2/h4,7-8,12-13,17-20,24H,5-6,9-11,14-16H2,1-3H3/t20-,24?/m0/s1. The van der Waals surface area contributed by atoms with Gasteiger partial charge in [0.1, 0.15) is 12.2 Å². The molecule has 2 atom stereocenters. The zero-order valence-corrected chi connectivity index (χ0v) is 23.6. The van der Waals surface area contributed by atoms with E-state index in [-0.39, 0.29) is 17.0 Å². The van der Waals surface area contributed by atoms with Crippen LogP contribution in [0.1, 0.15) is 67.5 Å². The minimum atomic E-state index is -4.61. The molecule has 1 saturated heterocycles. The number of nitrogens with zero attached hydrogens (tertiary/aromatic N) is 6. The van der Waals surface area contributed by atoms with Gasteiger partial charge in [0.15, 0.2) is 0 Å². The van der Waals surface area contributed by atoms with Crippen molar-refractivity contribution in [3.63, 3.8) is 0 Å². The number of benzene rings is 1. The van der Waals surface area contributed by atoms with Crippen molar-refractivity contribution in [2.45, 2.75) is 63.3 Å². The van der Waals surface area contributed by atoms with Crippen LogP contribution in [0.25, 0.3) is 11.2 Å². The van der Waals surface area contributed by atoms with Crippen molar-refractivity contribution in [1.82, 2.24) is 28.6 Å². The molecule has 4 heterocycles. The van der Waals surface area contributed by atoms with E-state index in [1.54, 1.807) is 25.7 Å². The van der Waals surface area contributed by atoms with Crippen LogP contribution >= 0.6 is 0 Å². The summed E-state index contributed by atoms with van der Waals surface area (Å²) in [5.74, 6) is 1.09. The van der Waals surface area contributed by atoms with Crippen LogP contribution in [0.15, 0.2) is 53.8 Å². The number of ether oxygens (including phenoxy) is 1. The third kappa shape index (κ3) is 5.44. The molecule has 11 heteroatoms. The fourth-order valence-electron chi connectivity index (χ4n) is 6.29. The van der Waals surface area contributed by atoms with Crippen molar-refractivity contribution < 1.29 is 17.9 Å². The first-order valence-electron chi connectivity index (χ1n) is 14.1. The first-order chi connectivity index (χ1) is 19.6. The van der Waals surface area contributed by atoms with Crippen LogP contribution in [0, 0.1) is 5.92 Å². The lowest BCUT2D eigenvalue weighted by molar-refractivity contribution is -0.136. The summed E-state index contributed by atoms with van der Waals surface area (Å²) in [6.45, 7) is 4.20. The second-order valence-electron chi connectivity index (χ2n) is 11.8. The molecule has 1 aromatic carbocycles. The van der Waals surface area contributed by atoms with Gasteiger partial charge in [0.25, 0.3) is 0 Å². The van der Waals surface area contributed by atoms with Gasteiger partial charge in [-0.3, -0.25) is 13.9 Å². The fraction of sp³-hybridized carbons (Fsp3) is 0.500. The number of fused-ring (bicyclic) bond motifs is 1. The molecule has 2 aliphatic rings. The third-order valence-electron chi connectivity index (χ3n) is 8.70. The van der Waals surface area contributed by atoms with Gasteiger partial charge in [0, 0.05) is 45.6 Å². The van der Waals surface area contributed by atoms with Crippen LogP contribution in [0.4, 0.5) is 13.2 Å². The lowest BCUT2D eigenvalue weighted by atomic mass is 9.90. The first-order valence-corrected chi connectivity index (χ1v) is 14.1. The second kappa shape index (κ2) is 10.4. The van der Waals surface area contributed by atoms with E-state index in [1.165, 1.54) is 16.8 Å². The second-order valence-corrected chi connectivity index (χ2v) is 11.8. The number of hydrogen-bond acceptors (Lipinski definition) is 5. The van der Waals surface area contributed by atoms with Crippen molar-refractivity contribution in [1.29, 1.82) is 0 Å². The van der Waals surface area contributed by atoms with Gasteiger partial charge in [0.2, 0.25) is 0 Å². The lowest BCUT2D eigenvalue weighted by Crippen LogP contribution is -2.34. The molecule has 1 unspecified atom stereocenters. The summed E-state index contributed by atoms with van der Waals surface area (Å²) in [5, 5.41) is 8.41. The van der Waals surface area contributed by atoms with E-state index >= 15 is 0 Å². The molecule has 0 N–H and O–H groups in total. The van der Waals surface area contributed by atoms with E-state index in [4.69, 9.17) is 4.74 Å². The van der Waals surface area contributed by atoms with Crippen LogP contribution in [0.3, 0.4) is 0 Å². The summed E-state index contributed by atoms with van der Waals surface area (Å²) in [6.07, 6.45) is 4.61. The molecule has 1 aliphatic heterocycles. The molecule has 218 valence electrons. The normalized spacial score (nSPS) is 20.0. The minimum Gasteiger partial charge on any atom is -0.378 e. The quantitative estimate of drug-likeness (QED) is 0.293. The smallest absolute Gasteiger partial charge is 0.378 e. The van der Waals surface area contributed by atoms with Gasteiger partial charge in [-0.25, -0.2) is 4.79 Å². The van der Waals surface area contributed by atoms with Gasteiger partial charge < -0.3 is 9.30 Å². The van der Waals surface area contributed by atoms with Crippen molar-refractivity contribution in [2.75, 3.05) is 20.2 Å². The molecular formula is C30H35F3N6O2. The number of likely N-dealkylation sites (tertiary alicyclic amines) is 1. The molecule has 0 spiro atoms. The highest BCUT2D eigenvalue weighted by atomic mass is 19.4. The maximum absolute atomic E-state index is 14.3. The van der Waals surface area contributed by atoms with E-state index in [9.17, 15) is 18.0 Å². The predicted octanol–water partition coefficient (Wildman–Crippen LogP) is 5.17. The number of aromatic nitrogens is 5. The van der Waals surface area contributed by atoms with Crippen molar-refractivity contribution in [3.8, 4) is 5.69 Å². The third-order valence-corrected chi connectivity index (χ3v) is 8.70. The highest BCUT2D eigenvalue weighted by molar-refractivity contribution is 5.58. The van der Waals surface area contributed by atoms with Gasteiger partial charge in [-0.1, -0.05) is 19.1 Å². The summed E-state index contributed by atoms with van der Waals surface area (Å²) in [4.78, 5) is 15.8. The summed E-state index contributed by atoms with van der Waals surface area (Å²) in [6, 6.07) is 8.57. The number of aryl methyl sites for hydroxylation is 1. The molecular weight excluding hydrogens is 533 g/mol. The predicted molar refractivity (Wildman–Crippen MR) is 148 cm³/mol. The maximum atomic E-state index is 14.3. The molecule has 1 aliphatic carbocycles. The molecule has 8 nitrogen and oxygen atoms in total. The van der Waals surface area contributed by atoms with E-state index < -0.39 is 17.4 Å². The topological polar surface area (TPSA) is 69.6 Å². The van der Waals surface area contributed by atoms with Crippen LogP contribution in [0.2, 0.25) is 0 Å². The van der Waals surface area contributed by atoms with Crippen molar-refractivity contribution in [3.05, 3.63) is 82.1 Å². The molecule has 2 fully saturated rings. The molecule has 6 rings (SSSR count). The molecule has 0 amide bonds. The zero-order valence-electron chi connectivity index (χ0n) is 23.6. The van der Waals surface area contributed by atoms with E-state index in [2.05, 4.69) is 22.0 Å². The highest BCUT2D eigenvalue weighted by Crippen LogP contribution is 2.47. The van der Waals surface area contributed by atoms with Gasteiger partial charge in [-0.2, -0.15) is 13.2 Å². The summed E-state index contributed by atoms with van der Waals surface area (Å²) < 4.78 is 52.9. The Morgan fingerprint density at radius 2 is 2.00 bits per heavy atom. The zero-order chi connectivity index (χ0) is 28.9. The van der Waals surface area contributed by atoms with E-state index in [0.717, 1.165) is 54.6 Å². The number of halogens is 3. The Hall–Kier alpha value is -3.44. The number of alkyl halides is 3. The fourth-order valence-corrected chi connectivity index (χ4v) is 6.29. The highest BCUT2D eigenvalue weighted by Gasteiger charge is 2.46. The first kappa shape index (κ1) is 27.7. The number of piperidine rings is 1.